The molecule has 2 aromatic heterocycles. The summed E-state index contributed by atoms with van der Waals surface area (Å²) in [6.45, 7) is 5.05. The smallest absolute Gasteiger partial charge is 0.276 e. The van der Waals surface area contributed by atoms with Crippen molar-refractivity contribution in [3.05, 3.63) is 41.5 Å². The van der Waals surface area contributed by atoms with Gasteiger partial charge in [0.1, 0.15) is 5.69 Å². The van der Waals surface area contributed by atoms with Crippen LogP contribution in [0.2, 0.25) is 0 Å². The lowest BCUT2D eigenvalue weighted by atomic mass is 10.3. The third kappa shape index (κ3) is 4.07. The summed E-state index contributed by atoms with van der Waals surface area (Å²) in [5.41, 5.74) is 2.28. The molecule has 2 heterocycles. The molecule has 0 aliphatic rings. The average molecular weight is 285 g/mol. The van der Waals surface area contributed by atoms with Crippen LogP contribution >= 0.6 is 0 Å². The van der Waals surface area contributed by atoms with Crippen molar-refractivity contribution in [2.24, 2.45) is 0 Å². The fourth-order valence-electron chi connectivity index (χ4n) is 1.75. The molecule has 2 aromatic rings. The van der Waals surface area contributed by atoms with Crippen LogP contribution < -0.4 is 10.6 Å². The first-order valence-electron chi connectivity index (χ1n) is 6.31. The highest BCUT2D eigenvalue weighted by molar-refractivity contribution is 6.02. The quantitative estimate of drug-likeness (QED) is 0.894. The number of nitrogens with zero attached hydrogens (tertiary/aromatic N) is 3. The van der Waals surface area contributed by atoms with Gasteiger partial charge in [-0.2, -0.15) is 0 Å². The first-order chi connectivity index (χ1) is 9.94. The van der Waals surface area contributed by atoms with Crippen LogP contribution in [0.1, 0.15) is 28.8 Å². The summed E-state index contributed by atoms with van der Waals surface area (Å²) in [5, 5.41) is 5.17. The highest BCUT2D eigenvalue weighted by Gasteiger charge is 2.10. The van der Waals surface area contributed by atoms with E-state index < -0.39 is 5.91 Å². The normalized spacial score (nSPS) is 10.0. The Morgan fingerprint density at radius 3 is 2.24 bits per heavy atom. The Labute approximate surface area is 121 Å². The molecule has 0 atom stereocenters. The van der Waals surface area contributed by atoms with E-state index in [2.05, 4.69) is 25.6 Å². The molecule has 0 unspecified atom stereocenters. The maximum absolute atomic E-state index is 12.0. The number of anilines is 2. The van der Waals surface area contributed by atoms with Gasteiger partial charge in [-0.25, -0.2) is 15.0 Å². The molecule has 21 heavy (non-hydrogen) atoms. The van der Waals surface area contributed by atoms with Crippen LogP contribution in [-0.2, 0) is 4.79 Å². The van der Waals surface area contributed by atoms with Gasteiger partial charge in [-0.15, -0.1) is 0 Å². The Balaban J connectivity index is 2.11. The van der Waals surface area contributed by atoms with Gasteiger partial charge in [0.05, 0.1) is 11.9 Å². The zero-order valence-electron chi connectivity index (χ0n) is 12.0. The van der Waals surface area contributed by atoms with Gasteiger partial charge in [0.2, 0.25) is 11.9 Å². The molecular weight excluding hydrogens is 270 g/mol. The molecule has 2 rings (SSSR count). The van der Waals surface area contributed by atoms with Crippen LogP contribution in [0.25, 0.3) is 0 Å². The molecule has 0 saturated carbocycles. The lowest BCUT2D eigenvalue weighted by Crippen LogP contribution is -2.16. The number of carbonyl (C=O) groups is 2. The second kappa shape index (κ2) is 6.08. The van der Waals surface area contributed by atoms with Gasteiger partial charge in [-0.1, -0.05) is 0 Å². The predicted octanol–water partition coefficient (Wildman–Crippen LogP) is 1.70. The molecule has 0 bridgehead atoms. The molecule has 7 heteroatoms. The molecule has 2 N–H and O–H groups in total. The molecule has 0 aliphatic heterocycles. The number of pyridine rings is 1. The summed E-state index contributed by atoms with van der Waals surface area (Å²) in [4.78, 5) is 35.2. The molecule has 2 amide bonds. The van der Waals surface area contributed by atoms with E-state index in [1.807, 2.05) is 19.9 Å². The molecular formula is C14H15N5O2. The first kappa shape index (κ1) is 14.6. The van der Waals surface area contributed by atoms with Crippen molar-refractivity contribution in [2.45, 2.75) is 20.8 Å². The molecule has 0 aliphatic carbocycles. The first-order valence-corrected chi connectivity index (χ1v) is 6.31. The molecule has 7 nitrogen and oxygen atoms in total. The Bertz CT molecular complexity index is 662. The van der Waals surface area contributed by atoms with Crippen LogP contribution in [-0.4, -0.2) is 26.8 Å². The third-order valence-corrected chi connectivity index (χ3v) is 2.52. The van der Waals surface area contributed by atoms with E-state index in [1.54, 1.807) is 6.07 Å². The Hall–Kier alpha value is -2.83. The van der Waals surface area contributed by atoms with E-state index in [0.717, 1.165) is 11.4 Å². The summed E-state index contributed by atoms with van der Waals surface area (Å²) in [6.07, 6.45) is 1.42. The highest BCUT2D eigenvalue weighted by atomic mass is 16.2. The molecule has 0 saturated heterocycles. The summed E-state index contributed by atoms with van der Waals surface area (Å²) in [7, 11) is 0. The zero-order valence-corrected chi connectivity index (χ0v) is 12.0. The lowest BCUT2D eigenvalue weighted by molar-refractivity contribution is -0.114. The van der Waals surface area contributed by atoms with Crippen molar-refractivity contribution in [2.75, 3.05) is 10.6 Å². The predicted molar refractivity (Wildman–Crippen MR) is 78.0 cm³/mol. The van der Waals surface area contributed by atoms with Gasteiger partial charge in [-0.05, 0) is 32.0 Å². The minimum Gasteiger partial charge on any atom is -0.325 e. The van der Waals surface area contributed by atoms with Crippen molar-refractivity contribution in [1.82, 2.24) is 15.0 Å². The number of amides is 2. The number of hydrogen-bond acceptors (Lipinski definition) is 5. The zero-order chi connectivity index (χ0) is 15.4. The molecule has 108 valence electrons. The van der Waals surface area contributed by atoms with Crippen LogP contribution in [0, 0.1) is 13.8 Å². The van der Waals surface area contributed by atoms with Gasteiger partial charge in [0, 0.05) is 18.3 Å². The highest BCUT2D eigenvalue weighted by Crippen LogP contribution is 2.09. The second-order valence-electron chi connectivity index (χ2n) is 4.54. The van der Waals surface area contributed by atoms with Crippen LogP contribution in [0.3, 0.4) is 0 Å². The lowest BCUT2D eigenvalue weighted by Gasteiger charge is -2.06. The molecule has 0 aromatic carbocycles. The van der Waals surface area contributed by atoms with E-state index >= 15 is 0 Å². The van der Waals surface area contributed by atoms with Crippen molar-refractivity contribution < 1.29 is 9.59 Å². The second-order valence-corrected chi connectivity index (χ2v) is 4.54. The van der Waals surface area contributed by atoms with Gasteiger partial charge in [-0.3, -0.25) is 14.9 Å². The minimum absolute atomic E-state index is 0.197. The van der Waals surface area contributed by atoms with E-state index in [9.17, 15) is 9.59 Å². The van der Waals surface area contributed by atoms with Gasteiger partial charge in [0.25, 0.3) is 5.91 Å². The van der Waals surface area contributed by atoms with Gasteiger partial charge in [0.15, 0.2) is 0 Å². The summed E-state index contributed by atoms with van der Waals surface area (Å²) >= 11 is 0. The van der Waals surface area contributed by atoms with Crippen molar-refractivity contribution in [1.29, 1.82) is 0 Å². The van der Waals surface area contributed by atoms with E-state index in [4.69, 9.17) is 0 Å². The number of carbonyl (C=O) groups excluding carboxylic acids is 2. The van der Waals surface area contributed by atoms with Crippen LogP contribution in [0.4, 0.5) is 11.6 Å². The fourth-order valence-corrected chi connectivity index (χ4v) is 1.75. The largest absolute Gasteiger partial charge is 0.325 e. The number of aromatic nitrogens is 3. The molecule has 0 spiro atoms. The van der Waals surface area contributed by atoms with Crippen molar-refractivity contribution in [3.8, 4) is 0 Å². The fraction of sp³-hybridized carbons (Fsp3) is 0.214. The van der Waals surface area contributed by atoms with Crippen molar-refractivity contribution in [3.63, 3.8) is 0 Å². The summed E-state index contributed by atoms with van der Waals surface area (Å²) < 4.78 is 0. The number of rotatable bonds is 3. The third-order valence-electron chi connectivity index (χ3n) is 2.52. The number of nitrogens with one attached hydrogen (secondary N) is 2. The average Bonchev–Trinajstić information content (AvgIpc) is 2.37. The monoisotopic (exact) mass is 285 g/mol. The Kier molecular flexibility index (Phi) is 4.22. The Morgan fingerprint density at radius 1 is 1.05 bits per heavy atom. The van der Waals surface area contributed by atoms with E-state index in [0.29, 0.717) is 5.69 Å². The maximum Gasteiger partial charge on any atom is 0.276 e. The van der Waals surface area contributed by atoms with Crippen molar-refractivity contribution >= 4 is 23.5 Å². The molecule has 0 fully saturated rings. The minimum atomic E-state index is -0.408. The van der Waals surface area contributed by atoms with Gasteiger partial charge >= 0.3 is 0 Å². The van der Waals surface area contributed by atoms with Crippen LogP contribution in [0.15, 0.2) is 24.4 Å². The Morgan fingerprint density at radius 2 is 1.71 bits per heavy atom. The number of aryl methyl sites for hydroxylation is 2. The van der Waals surface area contributed by atoms with Gasteiger partial charge < -0.3 is 5.32 Å². The van der Waals surface area contributed by atoms with Crippen LogP contribution in [0.5, 0.6) is 0 Å². The van der Waals surface area contributed by atoms with E-state index in [-0.39, 0.29) is 17.5 Å². The number of hydrogen-bond donors (Lipinski definition) is 2. The SMILES string of the molecule is CC(=O)Nc1ccc(C(=O)Nc2nc(C)cc(C)n2)nc1. The summed E-state index contributed by atoms with van der Waals surface area (Å²) in [6, 6.07) is 4.94. The standard InChI is InChI=1S/C14H15N5O2/c1-8-6-9(2)17-14(16-8)19-13(21)12-5-4-11(7-15-12)18-10(3)20/h4-7H,1-3H3,(H,18,20)(H,16,17,19,21). The topological polar surface area (TPSA) is 96.9 Å². The maximum atomic E-state index is 12.0. The van der Waals surface area contributed by atoms with E-state index in [1.165, 1.54) is 19.2 Å². The molecule has 0 radical (unpaired) electrons. The summed E-state index contributed by atoms with van der Waals surface area (Å²) in [5.74, 6) is -0.364.